The summed E-state index contributed by atoms with van der Waals surface area (Å²) in [5.74, 6) is 6.01. The van der Waals surface area contributed by atoms with Crippen molar-refractivity contribution >= 4 is 11.8 Å². The number of ether oxygens (including phenoxy) is 2. The Kier molecular flexibility index (Phi) is 5.89. The van der Waals surface area contributed by atoms with Gasteiger partial charge in [0.25, 0.3) is 0 Å². The van der Waals surface area contributed by atoms with Gasteiger partial charge in [0, 0.05) is 24.3 Å². The van der Waals surface area contributed by atoms with E-state index in [0.717, 1.165) is 37.6 Å². The van der Waals surface area contributed by atoms with Gasteiger partial charge in [-0.15, -0.1) is 0 Å². The number of carbonyl (C=O) groups is 1. The van der Waals surface area contributed by atoms with Gasteiger partial charge in [0.1, 0.15) is 5.60 Å². The van der Waals surface area contributed by atoms with Crippen molar-refractivity contribution in [3.05, 3.63) is 29.8 Å². The maximum absolute atomic E-state index is 11.5. The minimum absolute atomic E-state index is 0.261. The monoisotopic (exact) mass is 316 g/mol. The molecule has 0 spiro atoms. The molecule has 1 fully saturated rings. The highest BCUT2D eigenvalue weighted by atomic mass is 16.6. The molecule has 1 saturated heterocycles. The fourth-order valence-electron chi connectivity index (χ4n) is 2.18. The number of anilines is 1. The molecule has 0 unspecified atom stereocenters. The zero-order valence-corrected chi connectivity index (χ0v) is 14.0. The standard InChI is InChI=1S/C18H24N2O3/c1-18(2,3)23-17(21)19-9-5-7-15-6-4-8-16(14-15)20-10-12-22-13-11-20/h4,6,8,14H,9-13H2,1-3H3,(H,19,21). The van der Waals surface area contributed by atoms with E-state index in [1.807, 2.05) is 32.9 Å². The third kappa shape index (κ3) is 6.21. The van der Waals surface area contributed by atoms with Crippen LogP contribution in [0, 0.1) is 11.8 Å². The molecule has 1 heterocycles. The maximum Gasteiger partial charge on any atom is 0.408 e. The molecule has 1 aliphatic heterocycles. The summed E-state index contributed by atoms with van der Waals surface area (Å²) in [5, 5.41) is 2.63. The molecule has 23 heavy (non-hydrogen) atoms. The van der Waals surface area contributed by atoms with Crippen molar-refractivity contribution in [3.63, 3.8) is 0 Å². The number of alkyl carbamates (subject to hydrolysis) is 1. The quantitative estimate of drug-likeness (QED) is 0.851. The zero-order valence-electron chi connectivity index (χ0n) is 14.0. The number of rotatable bonds is 2. The lowest BCUT2D eigenvalue weighted by molar-refractivity contribution is 0.0535. The normalized spacial score (nSPS) is 14.7. The van der Waals surface area contributed by atoms with Gasteiger partial charge in [0.15, 0.2) is 0 Å². The van der Waals surface area contributed by atoms with Gasteiger partial charge in [-0.05, 0) is 39.0 Å². The van der Waals surface area contributed by atoms with E-state index < -0.39 is 11.7 Å². The molecule has 1 aromatic carbocycles. The summed E-state index contributed by atoms with van der Waals surface area (Å²) < 4.78 is 10.5. The predicted octanol–water partition coefficient (Wildman–Crippen LogP) is 2.40. The van der Waals surface area contributed by atoms with E-state index in [4.69, 9.17) is 9.47 Å². The second-order valence-electron chi connectivity index (χ2n) is 6.31. The molecule has 0 atom stereocenters. The zero-order chi connectivity index (χ0) is 16.7. The minimum Gasteiger partial charge on any atom is -0.444 e. The van der Waals surface area contributed by atoms with Crippen LogP contribution in [-0.4, -0.2) is 44.5 Å². The lowest BCUT2D eigenvalue weighted by atomic mass is 10.2. The topological polar surface area (TPSA) is 50.8 Å². The second kappa shape index (κ2) is 7.89. The maximum atomic E-state index is 11.5. The Hall–Kier alpha value is -2.19. The first-order chi connectivity index (χ1) is 10.9. The molecule has 0 radical (unpaired) electrons. The van der Waals surface area contributed by atoms with Crippen molar-refractivity contribution in [2.24, 2.45) is 0 Å². The molecule has 124 valence electrons. The van der Waals surface area contributed by atoms with Crippen molar-refractivity contribution in [3.8, 4) is 11.8 Å². The molecule has 0 aromatic heterocycles. The number of hydrogen-bond donors (Lipinski definition) is 1. The third-order valence-corrected chi connectivity index (χ3v) is 3.18. The molecule has 0 bridgehead atoms. The van der Waals surface area contributed by atoms with Crippen LogP contribution in [0.4, 0.5) is 10.5 Å². The highest BCUT2D eigenvalue weighted by Gasteiger charge is 2.15. The molecule has 2 rings (SSSR count). The Morgan fingerprint density at radius 3 is 2.78 bits per heavy atom. The van der Waals surface area contributed by atoms with E-state index in [1.165, 1.54) is 0 Å². The largest absolute Gasteiger partial charge is 0.444 e. The van der Waals surface area contributed by atoms with Crippen molar-refractivity contribution in [2.45, 2.75) is 26.4 Å². The number of morpholine rings is 1. The van der Waals surface area contributed by atoms with Crippen LogP contribution in [-0.2, 0) is 9.47 Å². The lowest BCUT2D eigenvalue weighted by Gasteiger charge is -2.28. The fraction of sp³-hybridized carbons (Fsp3) is 0.500. The van der Waals surface area contributed by atoms with Gasteiger partial charge < -0.3 is 19.7 Å². The number of carbonyl (C=O) groups excluding carboxylic acids is 1. The van der Waals surface area contributed by atoms with Gasteiger partial charge in [-0.1, -0.05) is 17.9 Å². The van der Waals surface area contributed by atoms with Crippen molar-refractivity contribution in [2.75, 3.05) is 37.7 Å². The molecule has 5 nitrogen and oxygen atoms in total. The summed E-state index contributed by atoms with van der Waals surface area (Å²) in [5.41, 5.74) is 1.59. The van der Waals surface area contributed by atoms with Crippen LogP contribution in [0.3, 0.4) is 0 Å². The molecular formula is C18H24N2O3. The van der Waals surface area contributed by atoms with E-state index in [2.05, 4.69) is 34.2 Å². The van der Waals surface area contributed by atoms with Crippen LogP contribution in [0.25, 0.3) is 0 Å². The van der Waals surface area contributed by atoms with Gasteiger partial charge in [-0.2, -0.15) is 0 Å². The highest BCUT2D eigenvalue weighted by molar-refractivity contribution is 5.68. The van der Waals surface area contributed by atoms with E-state index in [9.17, 15) is 4.79 Å². The van der Waals surface area contributed by atoms with Crippen molar-refractivity contribution in [1.29, 1.82) is 0 Å². The summed E-state index contributed by atoms with van der Waals surface area (Å²) >= 11 is 0. The molecule has 1 N–H and O–H groups in total. The van der Waals surface area contributed by atoms with E-state index >= 15 is 0 Å². The Balaban J connectivity index is 1.87. The van der Waals surface area contributed by atoms with E-state index in [-0.39, 0.29) is 6.54 Å². The fourth-order valence-corrected chi connectivity index (χ4v) is 2.18. The number of nitrogens with zero attached hydrogens (tertiary/aromatic N) is 1. The molecular weight excluding hydrogens is 292 g/mol. The summed E-state index contributed by atoms with van der Waals surface area (Å²) in [6.45, 7) is 9.07. The van der Waals surface area contributed by atoms with Gasteiger partial charge >= 0.3 is 6.09 Å². The number of benzene rings is 1. The first kappa shape index (κ1) is 17.2. The van der Waals surface area contributed by atoms with Gasteiger partial charge in [-0.25, -0.2) is 4.79 Å². The minimum atomic E-state index is -0.496. The predicted molar refractivity (Wildman–Crippen MR) is 90.6 cm³/mol. The first-order valence-corrected chi connectivity index (χ1v) is 7.82. The average Bonchev–Trinajstić information content (AvgIpc) is 2.51. The van der Waals surface area contributed by atoms with Crippen LogP contribution < -0.4 is 10.2 Å². The van der Waals surface area contributed by atoms with Crippen molar-refractivity contribution < 1.29 is 14.3 Å². The smallest absolute Gasteiger partial charge is 0.408 e. The van der Waals surface area contributed by atoms with Crippen LogP contribution >= 0.6 is 0 Å². The van der Waals surface area contributed by atoms with E-state index in [0.29, 0.717) is 0 Å². The van der Waals surface area contributed by atoms with Crippen LogP contribution in [0.5, 0.6) is 0 Å². The van der Waals surface area contributed by atoms with E-state index in [1.54, 1.807) is 0 Å². The molecule has 0 saturated carbocycles. The van der Waals surface area contributed by atoms with Gasteiger partial charge in [-0.3, -0.25) is 0 Å². The Morgan fingerprint density at radius 2 is 2.09 bits per heavy atom. The average molecular weight is 316 g/mol. The third-order valence-electron chi connectivity index (χ3n) is 3.18. The molecule has 0 aliphatic carbocycles. The summed E-state index contributed by atoms with van der Waals surface area (Å²) in [6, 6.07) is 8.10. The Bertz CT molecular complexity index is 590. The number of nitrogens with one attached hydrogen (secondary N) is 1. The summed E-state index contributed by atoms with van der Waals surface area (Å²) in [7, 11) is 0. The van der Waals surface area contributed by atoms with Gasteiger partial charge in [0.05, 0.1) is 19.8 Å². The van der Waals surface area contributed by atoms with Crippen LogP contribution in [0.15, 0.2) is 24.3 Å². The van der Waals surface area contributed by atoms with Crippen LogP contribution in [0.2, 0.25) is 0 Å². The number of amides is 1. The molecule has 1 aliphatic rings. The van der Waals surface area contributed by atoms with Crippen LogP contribution in [0.1, 0.15) is 26.3 Å². The summed E-state index contributed by atoms with van der Waals surface area (Å²) in [4.78, 5) is 13.8. The molecule has 1 aromatic rings. The second-order valence-corrected chi connectivity index (χ2v) is 6.31. The SMILES string of the molecule is CC(C)(C)OC(=O)NCC#Cc1cccc(N2CCOCC2)c1. The van der Waals surface area contributed by atoms with Crippen molar-refractivity contribution in [1.82, 2.24) is 5.32 Å². The molecule has 5 heteroatoms. The molecule has 1 amide bonds. The first-order valence-electron chi connectivity index (χ1n) is 7.82. The summed E-state index contributed by atoms with van der Waals surface area (Å²) in [6.07, 6.45) is -0.450. The Labute approximate surface area is 138 Å². The highest BCUT2D eigenvalue weighted by Crippen LogP contribution is 2.16. The van der Waals surface area contributed by atoms with Gasteiger partial charge in [0.2, 0.25) is 0 Å². The Morgan fingerprint density at radius 1 is 1.35 bits per heavy atom. The lowest BCUT2D eigenvalue weighted by Crippen LogP contribution is -2.36. The number of hydrogen-bond acceptors (Lipinski definition) is 4.